The van der Waals surface area contributed by atoms with E-state index in [1.807, 2.05) is 6.92 Å². The van der Waals surface area contributed by atoms with Gasteiger partial charge in [0.2, 0.25) is 5.91 Å². The first-order valence-electron chi connectivity index (χ1n) is 7.89. The van der Waals surface area contributed by atoms with Crippen molar-refractivity contribution < 1.29 is 4.79 Å². The van der Waals surface area contributed by atoms with Gasteiger partial charge in [0, 0.05) is 25.5 Å². The standard InChI is InChI=1S/C18H25N3O/c1-4-19-21(3)12-11-18(22)20-17-8-6-5-7-15-13-14(2)9-10-16(15)17/h4,9-13,17H,5-8H2,1-3H3,(H,20,22)/b12-11+,19-4-/t17-/m1/s1. The smallest absolute Gasteiger partial charge is 0.245 e. The molecule has 0 heterocycles. The summed E-state index contributed by atoms with van der Waals surface area (Å²) in [5.74, 6) is -0.0726. The van der Waals surface area contributed by atoms with Crippen molar-refractivity contribution >= 4 is 12.1 Å². The molecule has 0 bridgehead atoms. The fourth-order valence-electron chi connectivity index (χ4n) is 2.88. The van der Waals surface area contributed by atoms with E-state index in [1.54, 1.807) is 24.5 Å². The summed E-state index contributed by atoms with van der Waals surface area (Å²) in [4.78, 5) is 12.1. The zero-order valence-corrected chi connectivity index (χ0v) is 13.7. The summed E-state index contributed by atoms with van der Waals surface area (Å²) in [6, 6.07) is 6.65. The van der Waals surface area contributed by atoms with Crippen LogP contribution < -0.4 is 5.32 Å². The van der Waals surface area contributed by atoms with Gasteiger partial charge in [-0.2, -0.15) is 5.10 Å². The summed E-state index contributed by atoms with van der Waals surface area (Å²) in [5.41, 5.74) is 3.92. The molecule has 0 saturated carbocycles. The van der Waals surface area contributed by atoms with E-state index in [-0.39, 0.29) is 11.9 Å². The van der Waals surface area contributed by atoms with Crippen molar-refractivity contribution in [3.63, 3.8) is 0 Å². The highest BCUT2D eigenvalue weighted by molar-refractivity contribution is 5.87. The molecule has 4 heteroatoms. The summed E-state index contributed by atoms with van der Waals surface area (Å²) in [6.45, 7) is 3.96. The number of rotatable bonds is 4. The van der Waals surface area contributed by atoms with E-state index >= 15 is 0 Å². The molecular formula is C18H25N3O. The second kappa shape index (κ2) is 7.78. The number of nitrogens with one attached hydrogen (secondary N) is 1. The molecule has 22 heavy (non-hydrogen) atoms. The van der Waals surface area contributed by atoms with E-state index in [1.165, 1.54) is 29.2 Å². The molecule has 4 nitrogen and oxygen atoms in total. The summed E-state index contributed by atoms with van der Waals surface area (Å²) in [7, 11) is 1.80. The highest BCUT2D eigenvalue weighted by atomic mass is 16.1. The third kappa shape index (κ3) is 4.45. The van der Waals surface area contributed by atoms with Gasteiger partial charge in [-0.25, -0.2) is 0 Å². The van der Waals surface area contributed by atoms with Crippen LogP contribution in [0, 0.1) is 6.92 Å². The normalized spacial score (nSPS) is 18.2. The Bertz CT molecular complexity index is 578. The average molecular weight is 299 g/mol. The average Bonchev–Trinajstić information content (AvgIpc) is 2.67. The lowest BCUT2D eigenvalue weighted by Crippen LogP contribution is -2.27. The number of aryl methyl sites for hydroxylation is 2. The second-order valence-electron chi connectivity index (χ2n) is 5.77. The molecule has 0 aliphatic heterocycles. The van der Waals surface area contributed by atoms with Crippen LogP contribution in [0.1, 0.15) is 48.9 Å². The molecule has 1 aliphatic carbocycles. The largest absolute Gasteiger partial charge is 0.346 e. The highest BCUT2D eigenvalue weighted by Crippen LogP contribution is 2.29. The predicted molar refractivity (Wildman–Crippen MR) is 90.7 cm³/mol. The number of carbonyl (C=O) groups excluding carboxylic acids is 1. The minimum absolute atomic E-state index is 0.0726. The van der Waals surface area contributed by atoms with Crippen molar-refractivity contribution in [2.45, 2.75) is 45.6 Å². The monoisotopic (exact) mass is 299 g/mol. The highest BCUT2D eigenvalue weighted by Gasteiger charge is 2.19. The molecule has 0 unspecified atom stereocenters. The van der Waals surface area contributed by atoms with E-state index in [9.17, 15) is 4.79 Å². The van der Waals surface area contributed by atoms with Gasteiger partial charge < -0.3 is 5.32 Å². The maximum absolute atomic E-state index is 12.1. The molecule has 0 fully saturated rings. The van der Waals surface area contributed by atoms with Gasteiger partial charge in [-0.3, -0.25) is 9.80 Å². The third-order valence-corrected chi connectivity index (χ3v) is 3.92. The van der Waals surface area contributed by atoms with Crippen LogP contribution in [-0.2, 0) is 11.2 Å². The van der Waals surface area contributed by atoms with E-state index in [4.69, 9.17) is 0 Å². The Morgan fingerprint density at radius 2 is 2.23 bits per heavy atom. The van der Waals surface area contributed by atoms with Crippen LogP contribution in [-0.4, -0.2) is 24.2 Å². The van der Waals surface area contributed by atoms with Crippen LogP contribution in [0.3, 0.4) is 0 Å². The van der Waals surface area contributed by atoms with E-state index in [2.05, 4.69) is 35.5 Å². The quantitative estimate of drug-likeness (QED) is 0.401. The zero-order valence-electron chi connectivity index (χ0n) is 13.7. The fourth-order valence-corrected chi connectivity index (χ4v) is 2.88. The number of benzene rings is 1. The summed E-state index contributed by atoms with van der Waals surface area (Å²) >= 11 is 0. The van der Waals surface area contributed by atoms with Crippen LogP contribution in [0.4, 0.5) is 0 Å². The van der Waals surface area contributed by atoms with Crippen molar-refractivity contribution in [1.82, 2.24) is 10.3 Å². The minimum Gasteiger partial charge on any atom is -0.346 e. The van der Waals surface area contributed by atoms with Crippen LogP contribution >= 0.6 is 0 Å². The zero-order chi connectivity index (χ0) is 15.9. The lowest BCUT2D eigenvalue weighted by Gasteiger charge is -2.19. The molecule has 0 radical (unpaired) electrons. The first-order chi connectivity index (χ1) is 10.6. The molecule has 1 aromatic rings. The van der Waals surface area contributed by atoms with Gasteiger partial charge in [0.25, 0.3) is 0 Å². The number of hydrazone groups is 1. The number of amides is 1. The van der Waals surface area contributed by atoms with Crippen LogP contribution in [0.15, 0.2) is 35.6 Å². The molecule has 0 saturated heterocycles. The Hall–Kier alpha value is -2.10. The Labute approximate surface area is 132 Å². The van der Waals surface area contributed by atoms with Crippen LogP contribution in [0.25, 0.3) is 0 Å². The van der Waals surface area contributed by atoms with Gasteiger partial charge in [-0.15, -0.1) is 0 Å². The molecule has 1 atom stereocenters. The van der Waals surface area contributed by atoms with Crippen molar-refractivity contribution in [3.8, 4) is 0 Å². The molecule has 2 rings (SSSR count). The Morgan fingerprint density at radius 3 is 3.00 bits per heavy atom. The van der Waals surface area contributed by atoms with Crippen molar-refractivity contribution in [2.75, 3.05) is 7.05 Å². The summed E-state index contributed by atoms with van der Waals surface area (Å²) in [6.07, 6.45) is 9.32. The van der Waals surface area contributed by atoms with Crippen molar-refractivity contribution in [1.29, 1.82) is 0 Å². The Balaban J connectivity index is 2.08. The summed E-state index contributed by atoms with van der Waals surface area (Å²) in [5, 5.41) is 8.79. The first-order valence-corrected chi connectivity index (χ1v) is 7.89. The first kappa shape index (κ1) is 16.3. The lowest BCUT2D eigenvalue weighted by atomic mass is 9.97. The molecule has 1 aromatic carbocycles. The van der Waals surface area contributed by atoms with Crippen LogP contribution in [0.2, 0.25) is 0 Å². The molecule has 0 spiro atoms. The number of hydrogen-bond donors (Lipinski definition) is 1. The van der Waals surface area contributed by atoms with Gasteiger partial charge in [-0.05, 0) is 44.2 Å². The predicted octanol–water partition coefficient (Wildman–Crippen LogP) is 3.33. The SMILES string of the molecule is C/C=N\N(C)/C=C/C(=O)N[C@@H]1CCCCc2cc(C)ccc21. The van der Waals surface area contributed by atoms with Gasteiger partial charge in [-0.1, -0.05) is 30.2 Å². The minimum atomic E-state index is -0.0726. The topological polar surface area (TPSA) is 44.7 Å². The maximum atomic E-state index is 12.1. The van der Waals surface area contributed by atoms with E-state index in [0.717, 1.165) is 19.3 Å². The Morgan fingerprint density at radius 1 is 1.41 bits per heavy atom. The number of fused-ring (bicyclic) bond motifs is 1. The number of hydrogen-bond acceptors (Lipinski definition) is 3. The van der Waals surface area contributed by atoms with Gasteiger partial charge in [0.1, 0.15) is 0 Å². The van der Waals surface area contributed by atoms with Crippen molar-refractivity contribution in [2.24, 2.45) is 5.10 Å². The second-order valence-corrected chi connectivity index (χ2v) is 5.77. The molecule has 1 amide bonds. The molecular weight excluding hydrogens is 274 g/mol. The van der Waals surface area contributed by atoms with E-state index in [0.29, 0.717) is 0 Å². The molecule has 118 valence electrons. The third-order valence-electron chi connectivity index (χ3n) is 3.92. The molecule has 1 N–H and O–H groups in total. The van der Waals surface area contributed by atoms with Crippen LogP contribution in [0.5, 0.6) is 0 Å². The number of nitrogens with zero attached hydrogens (tertiary/aromatic N) is 2. The van der Waals surface area contributed by atoms with Gasteiger partial charge in [0.15, 0.2) is 0 Å². The summed E-state index contributed by atoms with van der Waals surface area (Å²) < 4.78 is 0. The molecule has 0 aromatic heterocycles. The number of carbonyl (C=O) groups is 1. The van der Waals surface area contributed by atoms with Gasteiger partial charge >= 0.3 is 0 Å². The molecule has 1 aliphatic rings. The maximum Gasteiger partial charge on any atom is 0.245 e. The lowest BCUT2D eigenvalue weighted by molar-refractivity contribution is -0.117. The fraction of sp³-hybridized carbons (Fsp3) is 0.444. The van der Waals surface area contributed by atoms with Gasteiger partial charge in [0.05, 0.1) is 6.04 Å². The van der Waals surface area contributed by atoms with Crippen molar-refractivity contribution in [3.05, 3.63) is 47.2 Å². The Kier molecular flexibility index (Phi) is 5.75. The van der Waals surface area contributed by atoms with E-state index < -0.39 is 0 Å².